The summed E-state index contributed by atoms with van der Waals surface area (Å²) >= 11 is 0. The standard InChI is InChI=1S/C29H29FN4O3/c1-18-13-22(30)5-6-24(18)25-14-21(17-33-10-9-31-20(33)3)15-26-28(25)37-12-11-34(29(26)35)19(2)27-16-23(36-4)7-8-32-27/h5-10,13-16,19H,11-12,17H2,1-4H3/t19-/m0/s1. The number of hydrogen-bond acceptors (Lipinski definition) is 5. The van der Waals surface area contributed by atoms with Gasteiger partial charge >= 0.3 is 0 Å². The summed E-state index contributed by atoms with van der Waals surface area (Å²) in [5.41, 5.74) is 4.49. The van der Waals surface area contributed by atoms with E-state index in [0.29, 0.717) is 36.8 Å². The fraction of sp³-hybridized carbons (Fsp3) is 0.276. The molecule has 0 bridgehead atoms. The number of carbonyl (C=O) groups excluding carboxylic acids is 1. The number of methoxy groups -OCH3 is 1. The van der Waals surface area contributed by atoms with E-state index in [2.05, 4.69) is 9.97 Å². The summed E-state index contributed by atoms with van der Waals surface area (Å²) in [4.78, 5) is 24.6. The molecular formula is C29H29FN4O3. The second kappa shape index (κ2) is 10.0. The van der Waals surface area contributed by atoms with Crippen LogP contribution in [0.15, 0.2) is 61.1 Å². The molecule has 0 saturated carbocycles. The van der Waals surface area contributed by atoms with E-state index in [1.807, 2.05) is 49.7 Å². The molecule has 4 aromatic rings. The van der Waals surface area contributed by atoms with E-state index >= 15 is 0 Å². The fourth-order valence-electron chi connectivity index (χ4n) is 4.81. The molecule has 5 rings (SSSR count). The molecule has 0 spiro atoms. The van der Waals surface area contributed by atoms with Crippen molar-refractivity contribution in [3.63, 3.8) is 0 Å². The summed E-state index contributed by atoms with van der Waals surface area (Å²) in [6.45, 7) is 7.00. The van der Waals surface area contributed by atoms with Gasteiger partial charge in [0.05, 0.1) is 31.0 Å². The van der Waals surface area contributed by atoms with Crippen LogP contribution in [0.1, 0.15) is 46.0 Å². The lowest BCUT2D eigenvalue weighted by Gasteiger charge is -2.27. The average molecular weight is 501 g/mol. The SMILES string of the molecule is COc1ccnc([C@H](C)N2CCOc3c(cc(Cn4ccnc4C)cc3-c3ccc(F)cc3C)C2=O)c1. The number of aryl methyl sites for hydroxylation is 2. The first-order valence-electron chi connectivity index (χ1n) is 12.2. The monoisotopic (exact) mass is 500 g/mol. The first-order chi connectivity index (χ1) is 17.9. The Morgan fingerprint density at radius 3 is 2.59 bits per heavy atom. The van der Waals surface area contributed by atoms with Crippen LogP contribution in [0.3, 0.4) is 0 Å². The van der Waals surface area contributed by atoms with E-state index in [1.165, 1.54) is 12.1 Å². The maximum absolute atomic E-state index is 14.1. The number of hydrogen-bond donors (Lipinski definition) is 0. The maximum atomic E-state index is 14.1. The van der Waals surface area contributed by atoms with Crippen LogP contribution in [0.4, 0.5) is 4.39 Å². The lowest BCUT2D eigenvalue weighted by molar-refractivity contribution is 0.0684. The molecule has 2 aromatic carbocycles. The molecular weight excluding hydrogens is 471 g/mol. The van der Waals surface area contributed by atoms with E-state index in [1.54, 1.807) is 36.5 Å². The quantitative estimate of drug-likeness (QED) is 0.357. The van der Waals surface area contributed by atoms with Crippen molar-refractivity contribution >= 4 is 5.91 Å². The van der Waals surface area contributed by atoms with E-state index in [9.17, 15) is 9.18 Å². The van der Waals surface area contributed by atoms with Crippen molar-refractivity contribution in [1.82, 2.24) is 19.4 Å². The van der Waals surface area contributed by atoms with Crippen molar-refractivity contribution in [1.29, 1.82) is 0 Å². The Balaban J connectivity index is 1.62. The Kier molecular flexibility index (Phi) is 6.65. The molecule has 0 saturated heterocycles. The van der Waals surface area contributed by atoms with Crippen LogP contribution in [-0.2, 0) is 6.54 Å². The van der Waals surface area contributed by atoms with E-state index in [0.717, 1.165) is 33.8 Å². The van der Waals surface area contributed by atoms with Crippen LogP contribution >= 0.6 is 0 Å². The second-order valence-electron chi connectivity index (χ2n) is 9.23. The molecule has 8 heteroatoms. The van der Waals surface area contributed by atoms with Gasteiger partial charge < -0.3 is 18.9 Å². The van der Waals surface area contributed by atoms with Crippen LogP contribution < -0.4 is 9.47 Å². The number of rotatable bonds is 6. The smallest absolute Gasteiger partial charge is 0.258 e. The Morgan fingerprint density at radius 2 is 1.86 bits per heavy atom. The van der Waals surface area contributed by atoms with Gasteiger partial charge in [0.25, 0.3) is 5.91 Å². The third-order valence-electron chi connectivity index (χ3n) is 6.86. The Morgan fingerprint density at radius 1 is 1.05 bits per heavy atom. The minimum Gasteiger partial charge on any atom is -0.497 e. The maximum Gasteiger partial charge on any atom is 0.258 e. The molecule has 0 radical (unpaired) electrons. The predicted octanol–water partition coefficient (Wildman–Crippen LogP) is 5.35. The van der Waals surface area contributed by atoms with Crippen LogP contribution in [0.25, 0.3) is 11.1 Å². The largest absolute Gasteiger partial charge is 0.497 e. The van der Waals surface area contributed by atoms with E-state index in [-0.39, 0.29) is 17.8 Å². The molecule has 0 unspecified atom stereocenters. The summed E-state index contributed by atoms with van der Waals surface area (Å²) in [7, 11) is 1.60. The highest BCUT2D eigenvalue weighted by Crippen LogP contribution is 2.39. The predicted molar refractivity (Wildman–Crippen MR) is 138 cm³/mol. The molecule has 190 valence electrons. The Hall–Kier alpha value is -4.20. The number of halogens is 1. The van der Waals surface area contributed by atoms with Crippen molar-refractivity contribution in [2.75, 3.05) is 20.3 Å². The van der Waals surface area contributed by atoms with Gasteiger partial charge in [-0.3, -0.25) is 9.78 Å². The Bertz CT molecular complexity index is 1470. The second-order valence-corrected chi connectivity index (χ2v) is 9.23. The molecule has 1 amide bonds. The van der Waals surface area contributed by atoms with Gasteiger partial charge in [0.15, 0.2) is 0 Å². The van der Waals surface area contributed by atoms with Gasteiger partial charge in [-0.05, 0) is 67.8 Å². The highest BCUT2D eigenvalue weighted by molar-refractivity contribution is 6.00. The molecule has 37 heavy (non-hydrogen) atoms. The first-order valence-corrected chi connectivity index (χ1v) is 12.2. The molecule has 1 atom stereocenters. The summed E-state index contributed by atoms with van der Waals surface area (Å²) in [6, 6.07) is 11.9. The number of pyridine rings is 1. The van der Waals surface area contributed by atoms with Crippen LogP contribution in [-0.4, -0.2) is 45.6 Å². The molecule has 3 heterocycles. The number of carbonyl (C=O) groups is 1. The number of fused-ring (bicyclic) bond motifs is 1. The molecule has 0 aliphatic carbocycles. The number of amides is 1. The van der Waals surface area contributed by atoms with Gasteiger partial charge in [-0.1, -0.05) is 6.07 Å². The highest BCUT2D eigenvalue weighted by atomic mass is 19.1. The van der Waals surface area contributed by atoms with Gasteiger partial charge in [0, 0.05) is 36.8 Å². The molecule has 1 aliphatic rings. The van der Waals surface area contributed by atoms with Crippen LogP contribution in [0.5, 0.6) is 11.5 Å². The topological polar surface area (TPSA) is 69.5 Å². The Labute approximate surface area is 215 Å². The molecule has 7 nitrogen and oxygen atoms in total. The number of benzene rings is 2. The summed E-state index contributed by atoms with van der Waals surface area (Å²) in [5.74, 6) is 1.62. The molecule has 0 N–H and O–H groups in total. The van der Waals surface area contributed by atoms with Gasteiger partial charge in [-0.25, -0.2) is 9.37 Å². The molecule has 1 aliphatic heterocycles. The normalized spacial score (nSPS) is 14.1. The lowest BCUT2D eigenvalue weighted by atomic mass is 9.94. The molecule has 2 aromatic heterocycles. The van der Waals surface area contributed by atoms with Gasteiger partial charge in [0.1, 0.15) is 29.7 Å². The average Bonchev–Trinajstić information content (AvgIpc) is 3.22. The number of imidazole rings is 1. The third kappa shape index (κ3) is 4.79. The van der Waals surface area contributed by atoms with Crippen molar-refractivity contribution < 1.29 is 18.7 Å². The fourth-order valence-corrected chi connectivity index (χ4v) is 4.81. The van der Waals surface area contributed by atoms with Crippen LogP contribution in [0.2, 0.25) is 0 Å². The van der Waals surface area contributed by atoms with Crippen molar-refractivity contribution in [3.8, 4) is 22.6 Å². The molecule has 0 fully saturated rings. The van der Waals surface area contributed by atoms with Crippen molar-refractivity contribution in [2.24, 2.45) is 0 Å². The third-order valence-corrected chi connectivity index (χ3v) is 6.86. The zero-order valence-electron chi connectivity index (χ0n) is 21.4. The number of ether oxygens (including phenoxy) is 2. The van der Waals surface area contributed by atoms with Crippen molar-refractivity contribution in [2.45, 2.75) is 33.4 Å². The van der Waals surface area contributed by atoms with E-state index in [4.69, 9.17) is 9.47 Å². The highest BCUT2D eigenvalue weighted by Gasteiger charge is 2.31. The van der Waals surface area contributed by atoms with Crippen molar-refractivity contribution in [3.05, 3.63) is 95.1 Å². The zero-order valence-corrected chi connectivity index (χ0v) is 21.4. The summed E-state index contributed by atoms with van der Waals surface area (Å²) < 4.78 is 27.6. The van der Waals surface area contributed by atoms with Gasteiger partial charge in [-0.2, -0.15) is 0 Å². The lowest BCUT2D eigenvalue weighted by Crippen LogP contribution is -2.35. The number of aromatic nitrogens is 3. The zero-order chi connectivity index (χ0) is 26.1. The first kappa shape index (κ1) is 24.5. The van der Waals surface area contributed by atoms with Gasteiger partial charge in [-0.15, -0.1) is 0 Å². The summed E-state index contributed by atoms with van der Waals surface area (Å²) in [5, 5.41) is 0. The minimum atomic E-state index is -0.305. The van der Waals surface area contributed by atoms with Crippen LogP contribution in [0, 0.1) is 19.7 Å². The summed E-state index contributed by atoms with van der Waals surface area (Å²) in [6.07, 6.45) is 5.34. The van der Waals surface area contributed by atoms with E-state index < -0.39 is 0 Å². The number of nitrogens with zero attached hydrogens (tertiary/aromatic N) is 4. The van der Waals surface area contributed by atoms with Gasteiger partial charge in [0.2, 0.25) is 0 Å². The minimum absolute atomic E-state index is 0.144.